The Morgan fingerprint density at radius 2 is 2.08 bits per heavy atom. The number of rotatable bonds is 6. The van der Waals surface area contributed by atoms with E-state index in [0.29, 0.717) is 30.2 Å². The van der Waals surface area contributed by atoms with Crippen LogP contribution in [0.1, 0.15) is 37.0 Å². The lowest BCUT2D eigenvalue weighted by Gasteiger charge is -2.31. The molecule has 8 heteroatoms. The van der Waals surface area contributed by atoms with E-state index in [2.05, 4.69) is 5.32 Å². The van der Waals surface area contributed by atoms with Crippen LogP contribution < -0.4 is 20.5 Å². The van der Waals surface area contributed by atoms with Crippen LogP contribution in [0, 0.1) is 0 Å². The van der Waals surface area contributed by atoms with Crippen molar-refractivity contribution in [3.8, 4) is 11.5 Å². The highest BCUT2D eigenvalue weighted by Gasteiger charge is 2.23. The van der Waals surface area contributed by atoms with Crippen molar-refractivity contribution in [1.29, 1.82) is 0 Å². The largest absolute Gasteiger partial charge is 0.493 e. The van der Waals surface area contributed by atoms with Gasteiger partial charge >= 0.3 is 0 Å². The first-order chi connectivity index (χ1) is 11.9. The van der Waals surface area contributed by atoms with E-state index < -0.39 is 0 Å². The molecule has 1 atom stereocenters. The first-order valence-electron chi connectivity index (χ1n) is 8.55. The van der Waals surface area contributed by atoms with E-state index >= 15 is 0 Å². The van der Waals surface area contributed by atoms with Crippen molar-refractivity contribution in [2.75, 3.05) is 26.8 Å². The second kappa shape index (κ2) is 10.2. The molecule has 2 amide bonds. The Balaban J connectivity index is 0.00000338. The molecule has 1 fully saturated rings. The summed E-state index contributed by atoms with van der Waals surface area (Å²) >= 11 is 0. The number of nitrogens with zero attached hydrogens (tertiary/aromatic N) is 1. The number of carbonyl (C=O) groups is 2. The topological polar surface area (TPSA) is 93.9 Å². The van der Waals surface area contributed by atoms with Crippen LogP contribution in [0.3, 0.4) is 0 Å². The van der Waals surface area contributed by atoms with Gasteiger partial charge in [0.25, 0.3) is 11.8 Å². The number of methoxy groups -OCH3 is 1. The lowest BCUT2D eigenvalue weighted by molar-refractivity contribution is -0.123. The first-order valence-corrected chi connectivity index (χ1v) is 8.55. The van der Waals surface area contributed by atoms with Crippen LogP contribution in [0.4, 0.5) is 0 Å². The average Bonchev–Trinajstić information content (AvgIpc) is 2.58. The van der Waals surface area contributed by atoms with Gasteiger partial charge in [-0.3, -0.25) is 9.59 Å². The van der Waals surface area contributed by atoms with Crippen molar-refractivity contribution in [2.45, 2.75) is 38.8 Å². The Kier molecular flexibility index (Phi) is 8.68. The van der Waals surface area contributed by atoms with E-state index in [0.717, 1.165) is 12.8 Å². The third-order valence-electron chi connectivity index (χ3n) is 3.96. The summed E-state index contributed by atoms with van der Waals surface area (Å²) in [7, 11) is 1.50. The fraction of sp³-hybridized carbons (Fsp3) is 0.556. The summed E-state index contributed by atoms with van der Waals surface area (Å²) < 4.78 is 10.8. The SMILES string of the molecule is COc1cc(C(=O)N2CCCC(N)C2)ccc1OCC(=O)NC(C)C.Cl. The van der Waals surface area contributed by atoms with E-state index in [9.17, 15) is 9.59 Å². The minimum atomic E-state index is -0.209. The molecule has 0 aliphatic carbocycles. The van der Waals surface area contributed by atoms with Gasteiger partial charge in [0, 0.05) is 30.7 Å². The summed E-state index contributed by atoms with van der Waals surface area (Å²) in [5.74, 6) is 0.565. The van der Waals surface area contributed by atoms with Gasteiger partial charge in [0.05, 0.1) is 7.11 Å². The molecule has 0 radical (unpaired) electrons. The van der Waals surface area contributed by atoms with Crippen LogP contribution >= 0.6 is 12.4 Å². The van der Waals surface area contributed by atoms with Gasteiger partial charge in [-0.1, -0.05) is 0 Å². The van der Waals surface area contributed by atoms with E-state index in [-0.39, 0.29) is 42.9 Å². The number of piperidine rings is 1. The number of ether oxygens (including phenoxy) is 2. The Morgan fingerprint density at radius 1 is 1.35 bits per heavy atom. The maximum absolute atomic E-state index is 12.6. The van der Waals surface area contributed by atoms with Crippen molar-refractivity contribution >= 4 is 24.2 Å². The molecule has 146 valence electrons. The highest BCUT2D eigenvalue weighted by atomic mass is 35.5. The van der Waals surface area contributed by atoms with E-state index in [1.165, 1.54) is 7.11 Å². The minimum absolute atomic E-state index is 0. The number of nitrogens with two attached hydrogens (primary N) is 1. The van der Waals surface area contributed by atoms with Gasteiger partial charge in [-0.05, 0) is 44.9 Å². The molecule has 1 aromatic carbocycles. The van der Waals surface area contributed by atoms with Crippen LogP contribution in [-0.2, 0) is 4.79 Å². The van der Waals surface area contributed by atoms with Gasteiger partial charge in [0.2, 0.25) is 0 Å². The second-order valence-electron chi connectivity index (χ2n) is 6.53. The van der Waals surface area contributed by atoms with Crippen LogP contribution in [0.2, 0.25) is 0 Å². The zero-order valence-corrected chi connectivity index (χ0v) is 16.3. The highest BCUT2D eigenvalue weighted by Crippen LogP contribution is 2.29. The number of amides is 2. The number of carbonyl (C=O) groups excluding carboxylic acids is 2. The van der Waals surface area contributed by atoms with Gasteiger partial charge in [0.15, 0.2) is 18.1 Å². The normalized spacial score (nSPS) is 16.7. The summed E-state index contributed by atoms with van der Waals surface area (Å²) in [5, 5.41) is 2.75. The van der Waals surface area contributed by atoms with Crippen LogP contribution in [0.25, 0.3) is 0 Å². The van der Waals surface area contributed by atoms with Crippen LogP contribution in [0.15, 0.2) is 18.2 Å². The predicted octanol–water partition coefficient (Wildman–Crippen LogP) is 1.58. The molecule has 1 saturated heterocycles. The summed E-state index contributed by atoms with van der Waals surface area (Å²) in [4.78, 5) is 26.1. The monoisotopic (exact) mass is 385 g/mol. The molecule has 0 spiro atoms. The van der Waals surface area contributed by atoms with Gasteiger partial charge in [-0.25, -0.2) is 0 Å². The van der Waals surface area contributed by atoms with Crippen LogP contribution in [-0.4, -0.2) is 55.6 Å². The molecule has 1 aliphatic heterocycles. The van der Waals surface area contributed by atoms with Crippen LogP contribution in [0.5, 0.6) is 11.5 Å². The second-order valence-corrected chi connectivity index (χ2v) is 6.53. The smallest absolute Gasteiger partial charge is 0.258 e. The van der Waals surface area contributed by atoms with Crippen molar-refractivity contribution < 1.29 is 19.1 Å². The maximum Gasteiger partial charge on any atom is 0.258 e. The van der Waals surface area contributed by atoms with Crippen molar-refractivity contribution in [1.82, 2.24) is 10.2 Å². The molecule has 1 aromatic rings. The summed E-state index contributed by atoms with van der Waals surface area (Å²) in [5.41, 5.74) is 6.47. The maximum atomic E-state index is 12.6. The molecule has 0 aromatic heterocycles. The fourth-order valence-corrected chi connectivity index (χ4v) is 2.80. The first kappa shape index (κ1) is 22.1. The third-order valence-corrected chi connectivity index (χ3v) is 3.96. The predicted molar refractivity (Wildman–Crippen MR) is 102 cm³/mol. The Morgan fingerprint density at radius 3 is 2.69 bits per heavy atom. The van der Waals surface area contributed by atoms with E-state index in [1.807, 2.05) is 13.8 Å². The molecule has 1 aliphatic rings. The molecule has 26 heavy (non-hydrogen) atoms. The Bertz CT molecular complexity index is 624. The third kappa shape index (κ3) is 6.07. The zero-order chi connectivity index (χ0) is 18.4. The van der Waals surface area contributed by atoms with Crippen molar-refractivity contribution in [3.05, 3.63) is 23.8 Å². The molecule has 2 rings (SSSR count). The molecule has 0 saturated carbocycles. The molecule has 3 N–H and O–H groups in total. The number of halogens is 1. The molecular weight excluding hydrogens is 358 g/mol. The molecule has 0 bridgehead atoms. The highest BCUT2D eigenvalue weighted by molar-refractivity contribution is 5.95. The molecule has 1 heterocycles. The van der Waals surface area contributed by atoms with Crippen molar-refractivity contribution in [2.24, 2.45) is 5.73 Å². The number of nitrogens with one attached hydrogen (secondary N) is 1. The van der Waals surface area contributed by atoms with Gasteiger partial charge in [0.1, 0.15) is 0 Å². The molecular formula is C18H28ClN3O4. The number of hydrogen-bond donors (Lipinski definition) is 2. The fourth-order valence-electron chi connectivity index (χ4n) is 2.80. The Labute approximate surface area is 160 Å². The minimum Gasteiger partial charge on any atom is -0.493 e. The summed E-state index contributed by atoms with van der Waals surface area (Å²) in [6.07, 6.45) is 1.86. The number of benzene rings is 1. The van der Waals surface area contributed by atoms with E-state index in [4.69, 9.17) is 15.2 Å². The molecule has 7 nitrogen and oxygen atoms in total. The van der Waals surface area contributed by atoms with E-state index in [1.54, 1.807) is 23.1 Å². The number of hydrogen-bond acceptors (Lipinski definition) is 5. The summed E-state index contributed by atoms with van der Waals surface area (Å²) in [6.45, 7) is 4.93. The molecule has 1 unspecified atom stereocenters. The lowest BCUT2D eigenvalue weighted by atomic mass is 10.1. The van der Waals surface area contributed by atoms with Gasteiger partial charge in [-0.2, -0.15) is 0 Å². The van der Waals surface area contributed by atoms with Gasteiger partial charge < -0.3 is 25.4 Å². The number of likely N-dealkylation sites (tertiary alicyclic amines) is 1. The Hall–Kier alpha value is -1.99. The zero-order valence-electron chi connectivity index (χ0n) is 15.5. The standard InChI is InChI=1S/C18H27N3O4.ClH/c1-12(2)20-17(22)11-25-15-7-6-13(9-16(15)24-3)18(23)21-8-4-5-14(19)10-21;/h6-7,9,12,14H,4-5,8,10-11,19H2,1-3H3,(H,20,22);1H. The quantitative estimate of drug-likeness (QED) is 0.775. The van der Waals surface area contributed by atoms with Crippen molar-refractivity contribution in [3.63, 3.8) is 0 Å². The lowest BCUT2D eigenvalue weighted by Crippen LogP contribution is -2.45. The summed E-state index contributed by atoms with van der Waals surface area (Å²) in [6, 6.07) is 5.05. The van der Waals surface area contributed by atoms with Gasteiger partial charge in [-0.15, -0.1) is 12.4 Å². The average molecular weight is 386 g/mol.